The molecule has 0 fully saturated rings. The molecule has 0 amide bonds. The number of aliphatic imine (C=N–C) groups is 1. The summed E-state index contributed by atoms with van der Waals surface area (Å²) in [5.74, 6) is 1.56. The molecule has 1 atom stereocenters. The monoisotopic (exact) mass is 998 g/mol. The second-order valence-corrected chi connectivity index (χ2v) is 15.2. The number of β-amino-alcohol motifs (C(OH)–C–C–N with tert-alkyl or cyclic N) is 1. The maximum absolute atomic E-state index is 12.7. The summed E-state index contributed by atoms with van der Waals surface area (Å²) in [6, 6.07) is 27.6. The lowest BCUT2D eigenvalue weighted by atomic mass is 10.0. The number of thioether (sulfide) groups is 2. The molecule has 0 spiro atoms. The van der Waals surface area contributed by atoms with Gasteiger partial charge >= 0.3 is 5.17 Å². The van der Waals surface area contributed by atoms with E-state index >= 15 is 0 Å². The van der Waals surface area contributed by atoms with E-state index in [4.69, 9.17) is 0 Å². The van der Waals surface area contributed by atoms with Crippen LogP contribution in [-0.4, -0.2) is 73.3 Å². The van der Waals surface area contributed by atoms with E-state index < -0.39 is 15.6 Å². The van der Waals surface area contributed by atoms with Crippen molar-refractivity contribution in [2.45, 2.75) is 5.72 Å². The maximum atomic E-state index is 12.7. The van der Waals surface area contributed by atoms with Crippen LogP contribution in [0.2, 0.25) is 0 Å². The number of ketones is 1. The summed E-state index contributed by atoms with van der Waals surface area (Å²) < 4.78 is 3.88. The predicted molar refractivity (Wildman–Crippen MR) is 215 cm³/mol. The number of carbonyl (C=O) groups is 1. The number of hydrogen-bond donors (Lipinski definition) is 1. The zero-order chi connectivity index (χ0) is 35.4. The van der Waals surface area contributed by atoms with E-state index in [1.54, 1.807) is 41.7 Å². The Morgan fingerprint density at radius 3 is 2.13 bits per heavy atom. The first-order valence-corrected chi connectivity index (χ1v) is 18.8. The van der Waals surface area contributed by atoms with E-state index in [0.29, 0.717) is 24.2 Å². The molecule has 0 aromatic heterocycles. The smallest absolute Gasteiger partial charge is 0.316 e. The highest BCUT2D eigenvalue weighted by atomic mass is 79.9. The van der Waals surface area contributed by atoms with Gasteiger partial charge in [0.05, 0.1) is 29.5 Å². The van der Waals surface area contributed by atoms with E-state index in [9.17, 15) is 30.1 Å². The summed E-state index contributed by atoms with van der Waals surface area (Å²) in [5.41, 5.74) is 1.32. The van der Waals surface area contributed by atoms with E-state index in [2.05, 4.69) is 41.8 Å². The van der Waals surface area contributed by atoms with Gasteiger partial charge in [-0.25, -0.2) is 9.48 Å². The van der Waals surface area contributed by atoms with Crippen molar-refractivity contribution in [3.8, 4) is 0 Å². The predicted octanol–water partition coefficient (Wildman–Crippen LogP) is 4.87. The van der Waals surface area contributed by atoms with Crippen LogP contribution in [0.15, 0.2) is 111 Å². The molecular formula is C34H30Br4N6O6S2. The van der Waals surface area contributed by atoms with Gasteiger partial charge in [0.2, 0.25) is 0 Å². The molecule has 3 aliphatic heterocycles. The van der Waals surface area contributed by atoms with Crippen molar-refractivity contribution in [1.82, 2.24) is 0 Å². The van der Waals surface area contributed by atoms with Crippen LogP contribution in [0.3, 0.4) is 0 Å². The molecule has 52 heavy (non-hydrogen) atoms. The number of Topliss-reactive ketones (excluding diaryl/α,β-unsaturated/α-hetero) is 1. The van der Waals surface area contributed by atoms with Crippen LogP contribution in [-0.2, 0) is 5.72 Å². The minimum Gasteiger partial charge on any atom is -1.00 e. The molecule has 18 heteroatoms. The number of amidine groups is 2. The number of rotatable bonds is 8. The highest BCUT2D eigenvalue weighted by molar-refractivity contribution is 9.10. The molecule has 3 heterocycles. The first-order valence-electron chi connectivity index (χ1n) is 15.3. The van der Waals surface area contributed by atoms with E-state index in [0.717, 1.165) is 48.7 Å². The van der Waals surface area contributed by atoms with Crippen LogP contribution in [0, 0.1) is 20.2 Å². The van der Waals surface area contributed by atoms with Gasteiger partial charge in [-0.15, -0.1) is 17.0 Å². The number of hydrogen-bond acceptors (Lipinski definition) is 11. The molecule has 1 N–H and O–H groups in total. The second kappa shape index (κ2) is 18.3. The molecule has 7 rings (SSSR count). The van der Waals surface area contributed by atoms with Crippen molar-refractivity contribution in [3.63, 3.8) is 0 Å². The maximum Gasteiger partial charge on any atom is 0.316 e. The third-order valence-corrected chi connectivity index (χ3v) is 11.2. The average molecular weight is 1000 g/mol. The number of nitrogens with zero attached hydrogens (tertiary/aromatic N) is 6. The summed E-state index contributed by atoms with van der Waals surface area (Å²) in [5, 5.41) is 35.2. The van der Waals surface area contributed by atoms with Crippen LogP contribution in [0.4, 0.5) is 22.7 Å². The van der Waals surface area contributed by atoms with Gasteiger partial charge in [0.1, 0.15) is 5.69 Å². The quantitative estimate of drug-likeness (QED) is 0.112. The lowest BCUT2D eigenvalue weighted by Gasteiger charge is -2.23. The molecule has 0 aliphatic carbocycles. The Morgan fingerprint density at radius 2 is 1.52 bits per heavy atom. The molecule has 0 saturated carbocycles. The largest absolute Gasteiger partial charge is 1.00 e. The first-order chi connectivity index (χ1) is 24.0. The van der Waals surface area contributed by atoms with Crippen LogP contribution in [0.5, 0.6) is 0 Å². The Labute approximate surface area is 345 Å². The van der Waals surface area contributed by atoms with E-state index in [1.165, 1.54) is 30.3 Å². The summed E-state index contributed by atoms with van der Waals surface area (Å²) in [6.45, 7) is 1.83. The molecular weight excluding hydrogens is 972 g/mol. The molecule has 272 valence electrons. The number of benzene rings is 4. The van der Waals surface area contributed by atoms with Crippen molar-refractivity contribution in [3.05, 3.63) is 137 Å². The van der Waals surface area contributed by atoms with Crippen molar-refractivity contribution in [2.24, 2.45) is 4.99 Å². The molecule has 0 saturated heterocycles. The number of halogens is 4. The fourth-order valence-corrected chi connectivity index (χ4v) is 8.27. The molecule has 12 nitrogen and oxygen atoms in total. The molecule has 1 unspecified atom stereocenters. The molecule has 0 bridgehead atoms. The standard InChI is InChI=1S/C17H15BrN3O3S.C17H14BrN3O3S.2BrH/c18-13-4-6-14(7-5-13)19-11-17(22,20-8-9-25-16(19)20)12-2-1-3-15(10-12)21(23)24;18-13-4-6-14(7-5-13)20(17-19-8-9-25-17)11-16(22)12-2-1-3-15(10-12)21(23)24;;/h1-7,10,22H,8-9,11H2;1-7,10H,8-9,11H2;2*1H/q+1;;;/p-1. The van der Waals surface area contributed by atoms with Gasteiger partial charge in [0, 0.05) is 61.5 Å². The van der Waals surface area contributed by atoms with Crippen molar-refractivity contribution in [2.75, 3.05) is 47.5 Å². The third-order valence-electron chi connectivity index (χ3n) is 8.11. The number of non-ortho nitro benzene ring substituents is 2. The second-order valence-electron chi connectivity index (χ2n) is 11.3. The minimum atomic E-state index is -1.28. The van der Waals surface area contributed by atoms with Gasteiger partial charge in [-0.05, 0) is 60.3 Å². The number of nitro groups is 2. The SMILES string of the molecule is Br.O=C(CN(C1=NCCS1)c1ccc(Br)cc1)c1cccc([N+](=O)[O-])c1.O=[N+]([O-])c1cccc(C2(O)CN(c3ccc(Br)cc3)C3=[N+]2CCS3)c1.[Br-]. The van der Waals surface area contributed by atoms with Gasteiger partial charge < -0.3 is 27.0 Å². The van der Waals surface area contributed by atoms with E-state index in [1.807, 2.05) is 58.0 Å². The zero-order valence-corrected chi connectivity index (χ0v) is 35.1. The van der Waals surface area contributed by atoms with E-state index in [-0.39, 0.29) is 57.7 Å². The highest BCUT2D eigenvalue weighted by Crippen LogP contribution is 2.39. The number of nitro benzene ring substituents is 2. The Bertz CT molecular complexity index is 2020. The molecule has 4 aromatic rings. The molecule has 0 radical (unpaired) electrons. The molecule has 3 aliphatic rings. The van der Waals surface area contributed by atoms with Crippen LogP contribution < -0.4 is 26.8 Å². The summed E-state index contributed by atoms with van der Waals surface area (Å²) in [4.78, 5) is 42.2. The van der Waals surface area contributed by atoms with Crippen LogP contribution in [0.25, 0.3) is 0 Å². The van der Waals surface area contributed by atoms with Crippen LogP contribution in [0.1, 0.15) is 15.9 Å². The lowest BCUT2D eigenvalue weighted by Crippen LogP contribution is -3.00. The fraction of sp³-hybridized carbons (Fsp3) is 0.206. The Balaban J connectivity index is 0.000000224. The Morgan fingerprint density at radius 1 is 0.904 bits per heavy atom. The normalized spacial score (nSPS) is 17.2. The summed E-state index contributed by atoms with van der Waals surface area (Å²) >= 11 is 10.1. The summed E-state index contributed by atoms with van der Waals surface area (Å²) in [6.07, 6.45) is 0. The Kier molecular flexibility index (Phi) is 14.6. The number of carbonyl (C=O) groups excluding carboxylic acids is 1. The highest BCUT2D eigenvalue weighted by Gasteiger charge is 2.54. The number of aliphatic hydroxyl groups is 1. The lowest BCUT2D eigenvalue weighted by molar-refractivity contribution is -0.650. The van der Waals surface area contributed by atoms with Gasteiger partial charge in [-0.1, -0.05) is 67.9 Å². The average Bonchev–Trinajstić information content (AvgIpc) is 3.89. The first kappa shape index (κ1) is 41.6. The minimum absolute atomic E-state index is 0. The Hall–Kier alpha value is -3.13. The van der Waals surface area contributed by atoms with Gasteiger partial charge in [-0.2, -0.15) is 0 Å². The van der Waals surface area contributed by atoms with Crippen molar-refractivity contribution >= 4 is 111 Å². The van der Waals surface area contributed by atoms with Gasteiger partial charge in [0.25, 0.3) is 17.1 Å². The summed E-state index contributed by atoms with van der Waals surface area (Å²) in [7, 11) is 0. The molecule has 4 aromatic carbocycles. The van der Waals surface area contributed by atoms with Gasteiger partial charge in [0.15, 0.2) is 17.5 Å². The van der Waals surface area contributed by atoms with Crippen molar-refractivity contribution in [1.29, 1.82) is 0 Å². The van der Waals surface area contributed by atoms with Crippen molar-refractivity contribution < 1.29 is 41.3 Å². The fourth-order valence-electron chi connectivity index (χ4n) is 5.69. The van der Waals surface area contributed by atoms with Gasteiger partial charge in [-0.3, -0.25) is 30.0 Å². The van der Waals surface area contributed by atoms with Crippen LogP contribution >= 0.6 is 72.4 Å². The topological polar surface area (TPSA) is 145 Å². The number of anilines is 2. The third kappa shape index (κ3) is 9.32. The zero-order valence-electron chi connectivity index (χ0n) is 27.0.